The minimum Gasteiger partial charge on any atom is -0.508 e. The summed E-state index contributed by atoms with van der Waals surface area (Å²) in [6, 6.07) is 4.65. The van der Waals surface area contributed by atoms with Crippen LogP contribution in [0, 0.1) is 6.92 Å². The number of phenolic OH excluding ortho intramolecular Hbond substituents is 1. The third-order valence-corrected chi connectivity index (χ3v) is 2.43. The molecule has 0 saturated heterocycles. The summed E-state index contributed by atoms with van der Waals surface area (Å²) in [4.78, 5) is 22.5. The van der Waals surface area contributed by atoms with E-state index in [9.17, 15) is 14.7 Å². The molecule has 0 aliphatic heterocycles. The van der Waals surface area contributed by atoms with Crippen LogP contribution in [0.5, 0.6) is 5.75 Å². The monoisotopic (exact) mass is 233 g/mol. The Morgan fingerprint density at radius 2 is 2.12 bits per heavy atom. The van der Waals surface area contributed by atoms with Crippen molar-refractivity contribution in [3.63, 3.8) is 0 Å². The van der Waals surface area contributed by atoms with Gasteiger partial charge in [-0.05, 0) is 25.1 Å². The van der Waals surface area contributed by atoms with Crippen molar-refractivity contribution in [1.29, 1.82) is 0 Å². The zero-order valence-corrected chi connectivity index (χ0v) is 9.40. The molecule has 17 heavy (non-hydrogen) atoms. The molecule has 0 fully saturated rings. The highest BCUT2D eigenvalue weighted by Gasteiger charge is 2.10. The lowest BCUT2D eigenvalue weighted by molar-refractivity contribution is -0.114. The first-order valence-corrected chi connectivity index (χ1v) is 5.03. The molecule has 2 rings (SSSR count). The number of rotatable bonds is 1. The summed E-state index contributed by atoms with van der Waals surface area (Å²) in [6.07, 6.45) is 0. The minimum atomic E-state index is -0.638. The van der Waals surface area contributed by atoms with E-state index in [0.717, 1.165) is 0 Å². The molecule has 0 saturated carbocycles. The first-order chi connectivity index (χ1) is 7.99. The van der Waals surface area contributed by atoms with Crippen LogP contribution in [0.1, 0.15) is 12.5 Å². The van der Waals surface area contributed by atoms with Crippen molar-refractivity contribution in [1.82, 2.24) is 0 Å². The van der Waals surface area contributed by atoms with Crippen LogP contribution in [0.25, 0.3) is 11.0 Å². The van der Waals surface area contributed by atoms with E-state index in [1.54, 1.807) is 13.0 Å². The lowest BCUT2D eigenvalue weighted by atomic mass is 10.1. The van der Waals surface area contributed by atoms with Crippen molar-refractivity contribution >= 4 is 22.6 Å². The number of aromatic hydroxyl groups is 1. The van der Waals surface area contributed by atoms with E-state index in [4.69, 9.17) is 4.42 Å². The van der Waals surface area contributed by atoms with E-state index in [-0.39, 0.29) is 17.3 Å². The molecule has 0 atom stereocenters. The summed E-state index contributed by atoms with van der Waals surface area (Å²) in [7, 11) is 0. The normalized spacial score (nSPS) is 10.5. The van der Waals surface area contributed by atoms with E-state index in [2.05, 4.69) is 5.32 Å². The van der Waals surface area contributed by atoms with Crippen molar-refractivity contribution in [2.24, 2.45) is 0 Å². The summed E-state index contributed by atoms with van der Waals surface area (Å²) in [5.41, 5.74) is 0.273. The smallest absolute Gasteiger partial charge is 0.360 e. The summed E-state index contributed by atoms with van der Waals surface area (Å²) in [6.45, 7) is 2.96. The minimum absolute atomic E-state index is 0.0629. The first kappa shape index (κ1) is 11.2. The Balaban J connectivity index is 2.71. The Morgan fingerprint density at radius 3 is 2.76 bits per heavy atom. The number of hydrogen-bond acceptors (Lipinski definition) is 4. The van der Waals surface area contributed by atoms with Gasteiger partial charge >= 0.3 is 5.63 Å². The molecule has 1 heterocycles. The van der Waals surface area contributed by atoms with Gasteiger partial charge in [0.25, 0.3) is 0 Å². The highest BCUT2D eigenvalue weighted by atomic mass is 16.4. The molecule has 0 radical (unpaired) electrons. The number of nitrogens with one attached hydrogen (secondary N) is 1. The largest absolute Gasteiger partial charge is 0.508 e. The van der Waals surface area contributed by atoms with Gasteiger partial charge in [-0.2, -0.15) is 0 Å². The van der Waals surface area contributed by atoms with E-state index in [1.807, 2.05) is 0 Å². The number of fused-ring (bicyclic) bond motifs is 1. The molecule has 1 aromatic carbocycles. The highest BCUT2D eigenvalue weighted by Crippen LogP contribution is 2.26. The number of phenols is 1. The maximum Gasteiger partial charge on any atom is 0.360 e. The Morgan fingerprint density at radius 1 is 1.41 bits per heavy atom. The quantitative estimate of drug-likeness (QED) is 0.735. The predicted molar refractivity (Wildman–Crippen MR) is 63.2 cm³/mol. The molecule has 2 aromatic rings. The van der Waals surface area contributed by atoms with Gasteiger partial charge in [-0.25, -0.2) is 4.79 Å². The summed E-state index contributed by atoms with van der Waals surface area (Å²) >= 11 is 0. The molecule has 0 aliphatic carbocycles. The van der Waals surface area contributed by atoms with Gasteiger partial charge < -0.3 is 14.8 Å². The molecule has 0 unspecified atom stereocenters. The van der Waals surface area contributed by atoms with E-state index in [1.165, 1.54) is 19.1 Å². The lowest BCUT2D eigenvalue weighted by Crippen LogP contribution is -2.14. The Labute approximate surface area is 96.7 Å². The van der Waals surface area contributed by atoms with Crippen LogP contribution in [0.15, 0.2) is 27.4 Å². The van der Waals surface area contributed by atoms with Gasteiger partial charge in [0.2, 0.25) is 5.91 Å². The van der Waals surface area contributed by atoms with Crippen LogP contribution in [0.4, 0.5) is 5.69 Å². The Bertz CT molecular complexity index is 657. The number of carbonyl (C=O) groups excluding carboxylic acids is 1. The molecular formula is C12H11NO4. The van der Waals surface area contributed by atoms with Crippen LogP contribution < -0.4 is 10.9 Å². The van der Waals surface area contributed by atoms with Crippen molar-refractivity contribution < 1.29 is 14.3 Å². The molecule has 0 spiro atoms. The van der Waals surface area contributed by atoms with Crippen LogP contribution >= 0.6 is 0 Å². The summed E-state index contributed by atoms with van der Waals surface area (Å²) in [5.74, 6) is -0.278. The standard InChI is InChI=1S/C12H11NO4/c1-6-10(15)4-3-8-5-9(13-7(2)14)12(16)17-11(6)8/h3-5,15H,1-2H3,(H,13,14). The fourth-order valence-corrected chi connectivity index (χ4v) is 1.59. The second kappa shape index (κ2) is 3.93. The average molecular weight is 233 g/mol. The molecule has 1 aromatic heterocycles. The number of amides is 1. The topological polar surface area (TPSA) is 79.5 Å². The molecule has 0 bridgehead atoms. The van der Waals surface area contributed by atoms with Gasteiger partial charge in [-0.3, -0.25) is 4.79 Å². The number of benzene rings is 1. The lowest BCUT2D eigenvalue weighted by Gasteiger charge is -2.05. The molecule has 5 nitrogen and oxygen atoms in total. The third kappa shape index (κ3) is 1.99. The maximum atomic E-state index is 11.6. The van der Waals surface area contributed by atoms with Crippen LogP contribution in [0.3, 0.4) is 0 Å². The van der Waals surface area contributed by atoms with Gasteiger partial charge in [0, 0.05) is 17.9 Å². The van der Waals surface area contributed by atoms with Gasteiger partial charge in [0.05, 0.1) is 0 Å². The Kier molecular flexibility index (Phi) is 2.59. The average Bonchev–Trinajstić information content (AvgIpc) is 2.25. The molecule has 5 heteroatoms. The van der Waals surface area contributed by atoms with Crippen molar-refractivity contribution in [2.45, 2.75) is 13.8 Å². The molecular weight excluding hydrogens is 222 g/mol. The molecule has 0 aliphatic rings. The van der Waals surface area contributed by atoms with Crippen LogP contribution in [-0.2, 0) is 4.79 Å². The van der Waals surface area contributed by atoms with Crippen LogP contribution in [0.2, 0.25) is 0 Å². The Hall–Kier alpha value is -2.30. The fourth-order valence-electron chi connectivity index (χ4n) is 1.59. The number of aryl methyl sites for hydroxylation is 1. The van der Waals surface area contributed by atoms with Gasteiger partial charge in [0.1, 0.15) is 17.0 Å². The van der Waals surface area contributed by atoms with Crippen molar-refractivity contribution in [3.8, 4) is 5.75 Å². The van der Waals surface area contributed by atoms with Crippen LogP contribution in [-0.4, -0.2) is 11.0 Å². The highest BCUT2D eigenvalue weighted by molar-refractivity contribution is 5.91. The third-order valence-electron chi connectivity index (χ3n) is 2.43. The summed E-state index contributed by atoms with van der Waals surface area (Å²) < 4.78 is 5.08. The second-order valence-electron chi connectivity index (χ2n) is 3.76. The summed E-state index contributed by atoms with van der Waals surface area (Å²) in [5, 5.41) is 12.5. The first-order valence-electron chi connectivity index (χ1n) is 5.03. The van der Waals surface area contributed by atoms with Crippen molar-refractivity contribution in [3.05, 3.63) is 34.2 Å². The predicted octanol–water partition coefficient (Wildman–Crippen LogP) is 1.77. The zero-order valence-electron chi connectivity index (χ0n) is 9.40. The van der Waals surface area contributed by atoms with Gasteiger partial charge in [-0.1, -0.05) is 0 Å². The SMILES string of the molecule is CC(=O)Nc1cc2ccc(O)c(C)c2oc1=O. The fraction of sp³-hybridized carbons (Fsp3) is 0.167. The van der Waals surface area contributed by atoms with E-state index < -0.39 is 5.63 Å². The number of carbonyl (C=O) groups is 1. The zero-order chi connectivity index (χ0) is 12.6. The number of hydrogen-bond donors (Lipinski definition) is 2. The number of anilines is 1. The second-order valence-corrected chi connectivity index (χ2v) is 3.76. The van der Waals surface area contributed by atoms with Crippen molar-refractivity contribution in [2.75, 3.05) is 5.32 Å². The van der Waals surface area contributed by atoms with E-state index >= 15 is 0 Å². The maximum absolute atomic E-state index is 11.6. The van der Waals surface area contributed by atoms with Gasteiger partial charge in [-0.15, -0.1) is 0 Å². The molecule has 2 N–H and O–H groups in total. The molecule has 1 amide bonds. The van der Waals surface area contributed by atoms with E-state index in [0.29, 0.717) is 16.5 Å². The molecule has 88 valence electrons. The van der Waals surface area contributed by atoms with Gasteiger partial charge in [0.15, 0.2) is 0 Å².